The fraction of sp³-hybridized carbons (Fsp3) is 0.273. The number of hydrogen-bond acceptors (Lipinski definition) is 6. The van der Waals surface area contributed by atoms with E-state index < -0.39 is 4.92 Å². The molecule has 18 heavy (non-hydrogen) atoms. The third kappa shape index (κ3) is 2.62. The largest absolute Gasteiger partial charge is 0.376 e. The smallest absolute Gasteiger partial charge is 0.272 e. The minimum absolute atomic E-state index is 0.106. The van der Waals surface area contributed by atoms with E-state index in [4.69, 9.17) is 4.52 Å². The highest BCUT2D eigenvalue weighted by molar-refractivity contribution is 5.53. The molecule has 0 bridgehead atoms. The van der Waals surface area contributed by atoms with Crippen LogP contribution in [0.4, 0.5) is 11.4 Å². The molecule has 1 aromatic carbocycles. The third-order valence-electron chi connectivity index (χ3n) is 2.41. The van der Waals surface area contributed by atoms with Crippen molar-refractivity contribution in [3.8, 4) is 0 Å². The van der Waals surface area contributed by atoms with Crippen molar-refractivity contribution in [2.75, 3.05) is 5.32 Å². The van der Waals surface area contributed by atoms with Crippen LogP contribution >= 0.6 is 0 Å². The van der Waals surface area contributed by atoms with Crippen molar-refractivity contribution in [1.82, 2.24) is 10.1 Å². The zero-order chi connectivity index (χ0) is 13.1. The second kappa shape index (κ2) is 4.82. The molecule has 0 amide bonds. The van der Waals surface area contributed by atoms with Crippen LogP contribution < -0.4 is 5.32 Å². The Labute approximate surface area is 103 Å². The van der Waals surface area contributed by atoms with E-state index in [0.717, 1.165) is 5.69 Å². The molecule has 0 fully saturated rings. The Morgan fingerprint density at radius 3 is 2.78 bits per heavy atom. The maximum absolute atomic E-state index is 10.7. The SMILES string of the molecule is Cc1noc(CNc2ccc([N+](=O)[O-])c(C)c2)n1. The minimum Gasteiger partial charge on any atom is -0.376 e. The van der Waals surface area contributed by atoms with Gasteiger partial charge in [0.1, 0.15) is 0 Å². The van der Waals surface area contributed by atoms with Crippen molar-refractivity contribution in [2.24, 2.45) is 0 Å². The Balaban J connectivity index is 2.06. The number of nitrogens with zero attached hydrogens (tertiary/aromatic N) is 3. The molecule has 7 heteroatoms. The summed E-state index contributed by atoms with van der Waals surface area (Å²) in [6, 6.07) is 4.83. The summed E-state index contributed by atoms with van der Waals surface area (Å²) in [7, 11) is 0. The Morgan fingerprint density at radius 1 is 1.44 bits per heavy atom. The zero-order valence-electron chi connectivity index (χ0n) is 10.0. The average Bonchev–Trinajstić information content (AvgIpc) is 2.72. The van der Waals surface area contributed by atoms with Gasteiger partial charge in [-0.1, -0.05) is 5.16 Å². The number of rotatable bonds is 4. The van der Waals surface area contributed by atoms with Gasteiger partial charge in [-0.2, -0.15) is 4.98 Å². The molecule has 0 atom stereocenters. The van der Waals surface area contributed by atoms with Gasteiger partial charge in [0.25, 0.3) is 5.69 Å². The molecule has 94 valence electrons. The molecule has 0 spiro atoms. The van der Waals surface area contributed by atoms with Gasteiger partial charge in [0.15, 0.2) is 5.82 Å². The Morgan fingerprint density at radius 2 is 2.22 bits per heavy atom. The van der Waals surface area contributed by atoms with Crippen molar-refractivity contribution in [1.29, 1.82) is 0 Å². The van der Waals surface area contributed by atoms with E-state index in [9.17, 15) is 10.1 Å². The summed E-state index contributed by atoms with van der Waals surface area (Å²) in [5, 5.41) is 17.4. The Kier molecular flexibility index (Phi) is 3.22. The molecular formula is C11H12N4O3. The highest BCUT2D eigenvalue weighted by Crippen LogP contribution is 2.21. The minimum atomic E-state index is -0.402. The van der Waals surface area contributed by atoms with Crippen molar-refractivity contribution in [2.45, 2.75) is 20.4 Å². The molecule has 0 aliphatic rings. The second-order valence-electron chi connectivity index (χ2n) is 3.85. The summed E-state index contributed by atoms with van der Waals surface area (Å²) in [6.07, 6.45) is 0. The van der Waals surface area contributed by atoms with E-state index in [2.05, 4.69) is 15.5 Å². The van der Waals surface area contributed by atoms with Crippen LogP contribution in [0.5, 0.6) is 0 Å². The number of aryl methyl sites for hydroxylation is 2. The molecular weight excluding hydrogens is 236 g/mol. The van der Waals surface area contributed by atoms with Gasteiger partial charge in [-0.15, -0.1) is 0 Å². The summed E-state index contributed by atoms with van der Waals surface area (Å²) >= 11 is 0. The van der Waals surface area contributed by atoms with Gasteiger partial charge in [-0.05, 0) is 26.0 Å². The van der Waals surface area contributed by atoms with Crippen LogP contribution in [0.15, 0.2) is 22.7 Å². The lowest BCUT2D eigenvalue weighted by molar-refractivity contribution is -0.385. The fourth-order valence-electron chi connectivity index (χ4n) is 1.56. The Bertz CT molecular complexity index is 579. The van der Waals surface area contributed by atoms with Crippen LogP contribution in [0.1, 0.15) is 17.3 Å². The molecule has 0 aliphatic heterocycles. The van der Waals surface area contributed by atoms with Crippen molar-refractivity contribution < 1.29 is 9.45 Å². The van der Waals surface area contributed by atoms with E-state index in [0.29, 0.717) is 23.8 Å². The number of anilines is 1. The van der Waals surface area contributed by atoms with Crippen LogP contribution in [-0.4, -0.2) is 15.1 Å². The number of hydrogen-bond donors (Lipinski definition) is 1. The first kappa shape index (κ1) is 12.0. The van der Waals surface area contributed by atoms with Gasteiger partial charge in [0, 0.05) is 17.3 Å². The zero-order valence-corrected chi connectivity index (χ0v) is 10.0. The standard InChI is InChI=1S/C11H12N4O3/c1-7-5-9(3-4-10(7)15(16)17)12-6-11-13-8(2)14-18-11/h3-5,12H,6H2,1-2H3. The second-order valence-corrected chi connectivity index (χ2v) is 3.85. The van der Waals surface area contributed by atoms with Gasteiger partial charge in [-0.25, -0.2) is 0 Å². The Hall–Kier alpha value is -2.44. The van der Waals surface area contributed by atoms with E-state index >= 15 is 0 Å². The summed E-state index contributed by atoms with van der Waals surface area (Å²) in [4.78, 5) is 14.3. The molecule has 2 aromatic rings. The average molecular weight is 248 g/mol. The first-order valence-corrected chi connectivity index (χ1v) is 5.34. The quantitative estimate of drug-likeness (QED) is 0.658. The fourth-order valence-corrected chi connectivity index (χ4v) is 1.56. The van der Waals surface area contributed by atoms with E-state index in [1.54, 1.807) is 26.0 Å². The molecule has 2 rings (SSSR count). The van der Waals surface area contributed by atoms with Gasteiger partial charge in [0.2, 0.25) is 5.89 Å². The number of nitro benzene ring substituents is 1. The van der Waals surface area contributed by atoms with Crippen LogP contribution in [0.25, 0.3) is 0 Å². The molecule has 0 unspecified atom stereocenters. The maximum atomic E-state index is 10.7. The lowest BCUT2D eigenvalue weighted by atomic mass is 10.2. The first-order chi connectivity index (χ1) is 8.56. The molecule has 1 aromatic heterocycles. The predicted octanol–water partition coefficient (Wildman–Crippen LogP) is 2.21. The third-order valence-corrected chi connectivity index (χ3v) is 2.41. The van der Waals surface area contributed by atoms with Gasteiger partial charge >= 0.3 is 0 Å². The van der Waals surface area contributed by atoms with Gasteiger partial charge in [-0.3, -0.25) is 10.1 Å². The normalized spacial score (nSPS) is 10.3. The molecule has 0 saturated carbocycles. The molecule has 1 heterocycles. The first-order valence-electron chi connectivity index (χ1n) is 5.34. The number of benzene rings is 1. The van der Waals surface area contributed by atoms with Gasteiger partial charge < -0.3 is 9.84 Å². The summed E-state index contributed by atoms with van der Waals surface area (Å²) in [5.74, 6) is 1.05. The summed E-state index contributed by atoms with van der Waals surface area (Å²) in [6.45, 7) is 3.82. The number of aromatic nitrogens is 2. The number of nitrogens with one attached hydrogen (secondary N) is 1. The lowest BCUT2D eigenvalue weighted by Crippen LogP contribution is -2.01. The van der Waals surface area contributed by atoms with Crippen LogP contribution in [0.2, 0.25) is 0 Å². The summed E-state index contributed by atoms with van der Waals surface area (Å²) in [5.41, 5.74) is 1.48. The monoisotopic (exact) mass is 248 g/mol. The van der Waals surface area contributed by atoms with Crippen LogP contribution in [0.3, 0.4) is 0 Å². The number of nitro groups is 1. The molecule has 0 aliphatic carbocycles. The van der Waals surface area contributed by atoms with Crippen molar-refractivity contribution in [3.63, 3.8) is 0 Å². The molecule has 1 N–H and O–H groups in total. The topological polar surface area (TPSA) is 94.1 Å². The van der Waals surface area contributed by atoms with Crippen LogP contribution in [-0.2, 0) is 6.54 Å². The lowest BCUT2D eigenvalue weighted by Gasteiger charge is -2.04. The van der Waals surface area contributed by atoms with Crippen molar-refractivity contribution >= 4 is 11.4 Å². The van der Waals surface area contributed by atoms with E-state index in [1.807, 2.05) is 0 Å². The van der Waals surface area contributed by atoms with Gasteiger partial charge in [0.05, 0.1) is 11.5 Å². The predicted molar refractivity (Wildman–Crippen MR) is 64.2 cm³/mol. The molecule has 7 nitrogen and oxygen atoms in total. The van der Waals surface area contributed by atoms with Crippen molar-refractivity contribution in [3.05, 3.63) is 45.6 Å². The molecule has 0 saturated heterocycles. The van der Waals surface area contributed by atoms with Crippen LogP contribution in [0, 0.1) is 24.0 Å². The maximum Gasteiger partial charge on any atom is 0.272 e. The van der Waals surface area contributed by atoms with E-state index in [-0.39, 0.29) is 5.69 Å². The summed E-state index contributed by atoms with van der Waals surface area (Å²) < 4.78 is 4.95. The highest BCUT2D eigenvalue weighted by atomic mass is 16.6. The highest BCUT2D eigenvalue weighted by Gasteiger charge is 2.10. The van der Waals surface area contributed by atoms with E-state index in [1.165, 1.54) is 6.07 Å². The molecule has 0 radical (unpaired) electrons.